The van der Waals surface area contributed by atoms with E-state index in [9.17, 15) is 14.7 Å². The average molecular weight is 588 g/mol. The van der Waals surface area contributed by atoms with Crippen molar-refractivity contribution >= 4 is 23.7 Å². The molecular formula is C31H49N5O6. The van der Waals surface area contributed by atoms with E-state index in [0.717, 1.165) is 18.5 Å². The van der Waals surface area contributed by atoms with Crippen LogP contribution in [0.3, 0.4) is 0 Å². The Kier molecular flexibility index (Phi) is 10.5. The molecule has 1 aliphatic carbocycles. The van der Waals surface area contributed by atoms with Gasteiger partial charge in [-0.1, -0.05) is 0 Å². The molecule has 0 radical (unpaired) electrons. The molecule has 2 aromatic heterocycles. The van der Waals surface area contributed by atoms with Crippen LogP contribution in [0.2, 0.25) is 0 Å². The van der Waals surface area contributed by atoms with Gasteiger partial charge in [-0.15, -0.1) is 0 Å². The molecule has 2 amide bonds. The number of anilines is 2. The molecule has 42 heavy (non-hydrogen) atoms. The topological polar surface area (TPSA) is 128 Å². The third kappa shape index (κ3) is 9.89. The van der Waals surface area contributed by atoms with Crippen molar-refractivity contribution in [3.63, 3.8) is 0 Å². The molecule has 0 spiro atoms. The molecule has 0 saturated heterocycles. The number of aliphatic hydroxyl groups is 1. The number of carbonyl (C=O) groups is 2. The molecule has 234 valence electrons. The van der Waals surface area contributed by atoms with Crippen LogP contribution in [-0.4, -0.2) is 62.5 Å². The summed E-state index contributed by atoms with van der Waals surface area (Å²) in [5.41, 5.74) is -0.388. The second kappa shape index (κ2) is 13.3. The first-order chi connectivity index (χ1) is 19.4. The Hall–Kier alpha value is -3.34. The maximum Gasteiger partial charge on any atom is 0.420 e. The number of ether oxygens (including phenoxy) is 3. The summed E-state index contributed by atoms with van der Waals surface area (Å²) >= 11 is 0. The number of nitrogens with one attached hydrogen (secondary N) is 1. The highest BCUT2D eigenvalue weighted by atomic mass is 16.6. The normalized spacial score (nSPS) is 17.6. The van der Waals surface area contributed by atoms with E-state index in [-0.39, 0.29) is 12.0 Å². The molecule has 0 bridgehead atoms. The molecule has 1 saturated carbocycles. The van der Waals surface area contributed by atoms with Gasteiger partial charge in [-0.25, -0.2) is 19.2 Å². The lowest BCUT2D eigenvalue weighted by molar-refractivity contribution is 0.0524. The van der Waals surface area contributed by atoms with E-state index in [0.29, 0.717) is 49.7 Å². The van der Waals surface area contributed by atoms with Crippen molar-refractivity contribution in [2.24, 2.45) is 0 Å². The molecule has 2 heterocycles. The van der Waals surface area contributed by atoms with Crippen molar-refractivity contribution in [3.05, 3.63) is 30.2 Å². The number of hydrogen-bond acceptors (Lipinski definition) is 8. The van der Waals surface area contributed by atoms with Crippen molar-refractivity contribution in [3.8, 4) is 5.75 Å². The van der Waals surface area contributed by atoms with Crippen molar-refractivity contribution in [1.29, 1.82) is 0 Å². The maximum absolute atomic E-state index is 13.7. The van der Waals surface area contributed by atoms with Gasteiger partial charge in [0.15, 0.2) is 0 Å². The Bertz CT molecular complexity index is 1210. The number of nitrogens with zero attached hydrogens (tertiary/aromatic N) is 4. The lowest BCUT2D eigenvalue weighted by Gasteiger charge is -2.30. The van der Waals surface area contributed by atoms with Crippen molar-refractivity contribution in [2.75, 3.05) is 18.1 Å². The summed E-state index contributed by atoms with van der Waals surface area (Å²) in [7, 11) is 0. The monoisotopic (exact) mass is 587 g/mol. The summed E-state index contributed by atoms with van der Waals surface area (Å²) in [6, 6.07) is 3.68. The summed E-state index contributed by atoms with van der Waals surface area (Å²) in [5.74, 6) is 1.17. The number of rotatable bonds is 9. The zero-order valence-corrected chi connectivity index (χ0v) is 26.7. The summed E-state index contributed by atoms with van der Waals surface area (Å²) in [6.07, 6.45) is 5.48. The number of aromatic nitrogens is 3. The van der Waals surface area contributed by atoms with Crippen LogP contribution in [-0.2, 0) is 15.0 Å². The van der Waals surface area contributed by atoms with Gasteiger partial charge >= 0.3 is 12.2 Å². The van der Waals surface area contributed by atoms with Gasteiger partial charge in [-0.3, -0.25) is 4.98 Å². The Labute approximate surface area is 249 Å². The molecular weight excluding hydrogens is 538 g/mol. The predicted molar refractivity (Wildman–Crippen MR) is 161 cm³/mol. The first kappa shape index (κ1) is 33.2. The third-order valence-electron chi connectivity index (χ3n) is 6.44. The largest absolute Gasteiger partial charge is 0.492 e. The second-order valence-electron chi connectivity index (χ2n) is 13.9. The Morgan fingerprint density at radius 3 is 2.29 bits per heavy atom. The molecule has 1 fully saturated rings. The first-order valence-electron chi connectivity index (χ1n) is 14.8. The minimum atomic E-state index is -0.727. The van der Waals surface area contributed by atoms with Gasteiger partial charge in [0.2, 0.25) is 0 Å². The summed E-state index contributed by atoms with van der Waals surface area (Å²) in [4.78, 5) is 31.4. The zero-order chi connectivity index (χ0) is 31.3. The quantitative estimate of drug-likeness (QED) is 0.322. The number of unbranched alkanes of at least 4 members (excludes halogenated alkanes) is 1. The summed E-state index contributed by atoms with van der Waals surface area (Å²) < 4.78 is 18.9. The fraction of sp³-hybridized carbons (Fsp3) is 0.677. The van der Waals surface area contributed by atoms with Crippen LogP contribution in [0.15, 0.2) is 24.5 Å². The highest BCUT2D eigenvalue weighted by Gasteiger charge is 2.34. The zero-order valence-electron chi connectivity index (χ0n) is 26.7. The second-order valence-corrected chi connectivity index (χ2v) is 13.9. The number of hydrogen-bond donors (Lipinski definition) is 2. The Morgan fingerprint density at radius 1 is 1.00 bits per heavy atom. The van der Waals surface area contributed by atoms with Gasteiger partial charge in [0.1, 0.15) is 22.8 Å². The number of pyridine rings is 1. The fourth-order valence-electron chi connectivity index (χ4n) is 4.64. The van der Waals surface area contributed by atoms with Crippen molar-refractivity contribution in [1.82, 2.24) is 20.1 Å². The summed E-state index contributed by atoms with van der Waals surface area (Å²) in [6.45, 7) is 17.9. The fourth-order valence-corrected chi connectivity index (χ4v) is 4.64. The Morgan fingerprint density at radius 2 is 1.69 bits per heavy atom. The first-order valence-corrected chi connectivity index (χ1v) is 14.8. The van der Waals surface area contributed by atoms with Crippen LogP contribution in [0.1, 0.15) is 106 Å². The van der Waals surface area contributed by atoms with E-state index >= 15 is 0 Å². The molecule has 3 rings (SSSR count). The van der Waals surface area contributed by atoms with E-state index < -0.39 is 28.9 Å². The van der Waals surface area contributed by atoms with Crippen LogP contribution in [0.25, 0.3) is 0 Å². The van der Waals surface area contributed by atoms with Gasteiger partial charge in [-0.2, -0.15) is 5.10 Å². The van der Waals surface area contributed by atoms with Crippen LogP contribution in [0.4, 0.5) is 21.1 Å². The number of amides is 2. The van der Waals surface area contributed by atoms with Crippen LogP contribution in [0, 0.1) is 0 Å². The third-order valence-corrected chi connectivity index (χ3v) is 6.44. The molecule has 0 aromatic carbocycles. The molecule has 2 N–H and O–H groups in total. The van der Waals surface area contributed by atoms with E-state index in [1.807, 2.05) is 73.1 Å². The van der Waals surface area contributed by atoms with E-state index in [1.54, 1.807) is 18.5 Å². The SMILES string of the molecule is CC(C)(C)OC(=O)NCCCCOc1cncc(N(C(=O)OC(C)(C)C)c2cc([C@H]3CC[C@@H](O)C3)nn2C(C)(C)C)c1. The van der Waals surface area contributed by atoms with E-state index in [1.165, 1.54) is 4.90 Å². The Balaban J connectivity index is 1.80. The minimum absolute atomic E-state index is 0.112. The van der Waals surface area contributed by atoms with Gasteiger partial charge in [0, 0.05) is 24.6 Å². The predicted octanol–water partition coefficient (Wildman–Crippen LogP) is 6.42. The van der Waals surface area contributed by atoms with Crippen LogP contribution < -0.4 is 15.0 Å². The molecule has 1 aliphatic rings. The van der Waals surface area contributed by atoms with Crippen LogP contribution >= 0.6 is 0 Å². The number of aliphatic hydroxyl groups excluding tert-OH is 1. The molecule has 11 nitrogen and oxygen atoms in total. The lowest BCUT2D eigenvalue weighted by Crippen LogP contribution is -2.37. The highest BCUT2D eigenvalue weighted by Crippen LogP contribution is 2.39. The number of alkyl carbamates (subject to hydrolysis) is 1. The van der Waals surface area contributed by atoms with Crippen molar-refractivity contribution < 1.29 is 28.9 Å². The summed E-state index contributed by atoms with van der Waals surface area (Å²) in [5, 5.41) is 17.8. The highest BCUT2D eigenvalue weighted by molar-refractivity contribution is 5.95. The molecule has 2 atom stereocenters. The molecule has 11 heteroatoms. The smallest absolute Gasteiger partial charge is 0.420 e. The average Bonchev–Trinajstić information content (AvgIpc) is 3.46. The standard InChI is InChI=1S/C31H49N5O6/c1-29(2,3)36-26(18-25(34-36)21-12-13-23(37)16-21)35(28(39)42-31(7,8)9)22-17-24(20-32-19-22)40-15-11-10-14-33-27(38)41-30(4,5)6/h17-21,23,37H,10-16H2,1-9H3,(H,33,38)/t21-,23+/m0/s1. The van der Waals surface area contributed by atoms with Gasteiger partial charge in [-0.05, 0) is 94.4 Å². The van der Waals surface area contributed by atoms with Crippen LogP contribution in [0.5, 0.6) is 5.75 Å². The van der Waals surface area contributed by atoms with E-state index in [4.69, 9.17) is 19.3 Å². The molecule has 0 aliphatic heterocycles. The van der Waals surface area contributed by atoms with Gasteiger partial charge in [0.05, 0.1) is 42.0 Å². The lowest BCUT2D eigenvalue weighted by atomic mass is 10.0. The minimum Gasteiger partial charge on any atom is -0.492 e. The number of carbonyl (C=O) groups excluding carboxylic acids is 2. The van der Waals surface area contributed by atoms with Gasteiger partial charge < -0.3 is 24.6 Å². The molecule has 2 aromatic rings. The van der Waals surface area contributed by atoms with Gasteiger partial charge in [0.25, 0.3) is 0 Å². The van der Waals surface area contributed by atoms with E-state index in [2.05, 4.69) is 10.3 Å². The van der Waals surface area contributed by atoms with Crippen molar-refractivity contribution in [2.45, 2.75) is 123 Å². The maximum atomic E-state index is 13.7. The molecule has 0 unspecified atom stereocenters.